The second-order valence-corrected chi connectivity index (χ2v) is 25.6. The van der Waals surface area contributed by atoms with Crippen LogP contribution >= 0.6 is 0 Å². The molecule has 7 aliphatic rings. The first-order valence-electron chi connectivity index (χ1n) is 29.6. The van der Waals surface area contributed by atoms with Crippen molar-refractivity contribution in [2.45, 2.75) is 214 Å². The molecule has 3 heterocycles. The molecule has 7 rings (SSSR count). The maximum Gasteiger partial charge on any atom is 0.325 e. The normalized spacial score (nSPS) is 30.2. The number of likely N-dealkylation sites (tertiary alicyclic amines) is 2. The molecule has 3 saturated carbocycles. The number of ether oxygens (including phenoxy) is 1. The van der Waals surface area contributed by atoms with Gasteiger partial charge in [0, 0.05) is 44.8 Å². The van der Waals surface area contributed by atoms with Crippen molar-refractivity contribution in [1.29, 1.82) is 0 Å². The highest BCUT2D eigenvalue weighted by molar-refractivity contribution is 5.99. The molecular weight excluding hydrogens is 977 g/mol. The van der Waals surface area contributed by atoms with E-state index in [2.05, 4.69) is 62.0 Å². The van der Waals surface area contributed by atoms with Crippen LogP contribution in [-0.2, 0) is 43.1 Å². The lowest BCUT2D eigenvalue weighted by Crippen LogP contribution is -2.59. The Balaban J connectivity index is 0.910. The van der Waals surface area contributed by atoms with Crippen LogP contribution in [0.5, 0.6) is 0 Å². The summed E-state index contributed by atoms with van der Waals surface area (Å²) in [5.74, 6) is 0.0627. The maximum atomic E-state index is 14.4. The Morgan fingerprint density at radius 3 is 2.14 bits per heavy atom. The van der Waals surface area contributed by atoms with Crippen LogP contribution in [0.3, 0.4) is 0 Å². The van der Waals surface area contributed by atoms with Crippen molar-refractivity contribution in [3.63, 3.8) is 0 Å². The van der Waals surface area contributed by atoms with Crippen LogP contribution in [0.4, 0.5) is 0 Å². The van der Waals surface area contributed by atoms with E-state index in [0.29, 0.717) is 61.3 Å². The van der Waals surface area contributed by atoms with Gasteiger partial charge in [0.05, 0.1) is 0 Å². The summed E-state index contributed by atoms with van der Waals surface area (Å²) in [6.07, 6.45) is 22.4. The van der Waals surface area contributed by atoms with Crippen molar-refractivity contribution >= 4 is 47.3 Å². The second-order valence-electron chi connectivity index (χ2n) is 25.6. The number of nitrogens with one attached hydrogen (secondary N) is 4. The largest absolute Gasteiger partial charge is 0.461 e. The van der Waals surface area contributed by atoms with E-state index in [-0.39, 0.29) is 56.3 Å². The van der Waals surface area contributed by atoms with Crippen LogP contribution in [0.25, 0.3) is 0 Å². The van der Waals surface area contributed by atoms with Crippen molar-refractivity contribution < 1.29 is 43.1 Å². The summed E-state index contributed by atoms with van der Waals surface area (Å²) in [6, 6.07) is -5.14. The van der Waals surface area contributed by atoms with E-state index >= 15 is 0 Å². The quantitative estimate of drug-likeness (QED) is 0.0580. The van der Waals surface area contributed by atoms with Gasteiger partial charge >= 0.3 is 5.97 Å². The summed E-state index contributed by atoms with van der Waals surface area (Å²) in [4.78, 5) is 113. The van der Waals surface area contributed by atoms with Gasteiger partial charge in [0.1, 0.15) is 42.9 Å². The average molecular weight is 1070 g/mol. The Labute approximate surface area is 458 Å². The molecule has 17 nitrogen and oxygen atoms in total. The molecule has 0 bridgehead atoms. The van der Waals surface area contributed by atoms with Gasteiger partial charge in [-0.15, -0.1) is 0 Å². The molecule has 0 radical (unpaired) electrons. The lowest BCUT2D eigenvalue weighted by molar-refractivity contribution is -0.152. The molecule has 13 atom stereocenters. The summed E-state index contributed by atoms with van der Waals surface area (Å²) < 4.78 is 6.07. The minimum Gasteiger partial charge on any atom is -0.461 e. The molecule has 428 valence electrons. The summed E-state index contributed by atoms with van der Waals surface area (Å²) >= 11 is 0. The maximum absolute atomic E-state index is 14.4. The second kappa shape index (κ2) is 25.7. The molecule has 2 saturated heterocycles. The summed E-state index contributed by atoms with van der Waals surface area (Å²) in [6.45, 7) is 17.8. The van der Waals surface area contributed by atoms with Crippen molar-refractivity contribution in [2.24, 2.45) is 58.0 Å². The predicted molar refractivity (Wildman–Crippen MR) is 294 cm³/mol. The first-order valence-corrected chi connectivity index (χ1v) is 29.6. The van der Waals surface area contributed by atoms with Crippen LogP contribution in [0, 0.1) is 52.3 Å². The minimum absolute atomic E-state index is 0.0695. The number of allylic oxidation sites excluding steroid dienone is 2. The van der Waals surface area contributed by atoms with Gasteiger partial charge in [0.15, 0.2) is 0 Å². The molecule has 3 aliphatic heterocycles. The van der Waals surface area contributed by atoms with Crippen LogP contribution in [0.15, 0.2) is 35.7 Å². The SMILES string of the molecule is CC(C)CCC[C@@H](C)[C@H]1CC[C@H]2[C@@H]3CC=C4CC(OC(=O)CNC(=O)[C@@H]5CCCN5C(=O)[C@H](CC(C)C)NC(=O)[C@H](CCC(N)=O)NC(=O)[C@@H]5CCCN5C(=O)[C@H](C)NC(=O)C5=CN(C)C=CC5)CC[C@]4(C)[C@H]3CC[C@]12C. The summed E-state index contributed by atoms with van der Waals surface area (Å²) in [5, 5.41) is 11.1. The van der Waals surface area contributed by atoms with Crippen molar-refractivity contribution in [1.82, 2.24) is 36.0 Å². The van der Waals surface area contributed by atoms with Crippen LogP contribution in [0.2, 0.25) is 0 Å². The van der Waals surface area contributed by atoms with E-state index in [1.165, 1.54) is 60.3 Å². The number of nitrogens with zero attached hydrogens (tertiary/aromatic N) is 3. The van der Waals surface area contributed by atoms with Gasteiger partial charge < -0.3 is 46.4 Å². The zero-order valence-electron chi connectivity index (χ0n) is 48.0. The van der Waals surface area contributed by atoms with Gasteiger partial charge in [-0.3, -0.25) is 38.4 Å². The minimum atomic E-state index is -1.29. The topological polar surface area (TPSA) is 230 Å². The molecule has 17 heteroatoms. The molecular formula is C60H94N8O9. The highest BCUT2D eigenvalue weighted by Gasteiger charge is 2.59. The number of carbonyl (C=O) groups is 8. The molecule has 0 aromatic carbocycles. The summed E-state index contributed by atoms with van der Waals surface area (Å²) in [5.41, 5.74) is 7.94. The predicted octanol–water partition coefficient (Wildman–Crippen LogP) is 6.56. The van der Waals surface area contributed by atoms with Crippen LogP contribution in [0.1, 0.15) is 177 Å². The van der Waals surface area contributed by atoms with Crippen LogP contribution in [-0.4, -0.2) is 125 Å². The van der Waals surface area contributed by atoms with Gasteiger partial charge in [0.2, 0.25) is 41.4 Å². The number of amides is 7. The number of hydrogen-bond acceptors (Lipinski definition) is 10. The highest BCUT2D eigenvalue weighted by Crippen LogP contribution is 2.67. The number of nitrogens with two attached hydrogens (primary N) is 1. The smallest absolute Gasteiger partial charge is 0.325 e. The number of esters is 1. The molecule has 77 heavy (non-hydrogen) atoms. The third-order valence-corrected chi connectivity index (χ3v) is 19.3. The van der Waals surface area contributed by atoms with Gasteiger partial charge in [-0.1, -0.05) is 85.5 Å². The molecule has 6 N–H and O–H groups in total. The monoisotopic (exact) mass is 1070 g/mol. The Kier molecular flexibility index (Phi) is 19.8. The molecule has 7 amide bonds. The zero-order chi connectivity index (χ0) is 55.9. The zero-order valence-corrected chi connectivity index (χ0v) is 48.0. The third-order valence-electron chi connectivity index (χ3n) is 19.3. The van der Waals surface area contributed by atoms with E-state index in [1.807, 2.05) is 26.1 Å². The Morgan fingerprint density at radius 1 is 0.766 bits per heavy atom. The van der Waals surface area contributed by atoms with Crippen LogP contribution < -0.4 is 27.0 Å². The standard InChI is InChI=1S/C60H94N8O9/c1-36(2)14-10-15-38(5)44-21-22-45-43-20-19-41-33-42(25-27-59(41,7)46(43)26-28-60(44,45)8)77-52(70)34-62-55(73)49-17-12-31-68(49)58(76)48(32-37(3)4)65-54(72)47(23-24-51(61)69)64-56(74)50-18-13-30-67(50)57(75)39(6)63-53(71)40-16-11-29-66(9)35-40/h11,19,29,35-39,42-50H,10,12-18,20-28,30-34H2,1-9H3,(H2,61,69)(H,62,73)(H,63,71)(H,64,74)(H,65,72)/t38-,39+,42?,43+,44-,45+,46+,47+,48+,49+,50+,59+,60-/m1/s1. The molecule has 1 unspecified atom stereocenters. The number of rotatable bonds is 22. The van der Waals surface area contributed by atoms with Crippen molar-refractivity contribution in [2.75, 3.05) is 26.7 Å². The number of fused-ring (bicyclic) bond motifs is 5. The number of hydrogen-bond donors (Lipinski definition) is 5. The van der Waals surface area contributed by atoms with E-state index in [0.717, 1.165) is 42.9 Å². The number of carbonyl (C=O) groups excluding carboxylic acids is 8. The van der Waals surface area contributed by atoms with Gasteiger partial charge in [-0.05, 0) is 155 Å². The molecule has 4 aliphatic carbocycles. The highest BCUT2D eigenvalue weighted by atomic mass is 16.5. The molecule has 0 aromatic heterocycles. The van der Waals surface area contributed by atoms with Gasteiger partial charge in [-0.2, -0.15) is 0 Å². The first kappa shape index (κ1) is 59.4. The lowest BCUT2D eigenvalue weighted by atomic mass is 9.47. The average Bonchev–Trinajstić information content (AvgIpc) is 4.19. The lowest BCUT2D eigenvalue weighted by Gasteiger charge is -2.58. The van der Waals surface area contributed by atoms with E-state index in [4.69, 9.17) is 10.5 Å². The fraction of sp³-hybridized carbons (Fsp3) is 0.767. The Hall–Kier alpha value is -5.22. The van der Waals surface area contributed by atoms with Crippen molar-refractivity contribution in [3.8, 4) is 0 Å². The Morgan fingerprint density at radius 2 is 1.47 bits per heavy atom. The fourth-order valence-corrected chi connectivity index (χ4v) is 15.3. The van der Waals surface area contributed by atoms with Gasteiger partial charge in [0.25, 0.3) is 0 Å². The van der Waals surface area contributed by atoms with E-state index < -0.39 is 77.5 Å². The molecule has 0 aromatic rings. The molecule has 0 spiro atoms. The van der Waals surface area contributed by atoms with E-state index in [9.17, 15) is 38.4 Å². The fourth-order valence-electron chi connectivity index (χ4n) is 15.3. The Bertz CT molecular complexity index is 2300. The third kappa shape index (κ3) is 14.0. The van der Waals surface area contributed by atoms with Crippen molar-refractivity contribution in [3.05, 3.63) is 35.7 Å². The van der Waals surface area contributed by atoms with E-state index in [1.54, 1.807) is 25.1 Å². The van der Waals surface area contributed by atoms with Gasteiger partial charge in [-0.25, -0.2) is 0 Å². The molecule has 5 fully saturated rings. The number of primary amides is 1. The first-order chi connectivity index (χ1) is 36.5. The summed E-state index contributed by atoms with van der Waals surface area (Å²) in [7, 11) is 1.80.